The third-order valence-electron chi connectivity index (χ3n) is 3.89. The zero-order valence-corrected chi connectivity index (χ0v) is 12.6. The fourth-order valence-electron chi connectivity index (χ4n) is 2.75. The van der Waals surface area contributed by atoms with Crippen LogP contribution in [0, 0.1) is 12.7 Å². The molecule has 2 aromatic carbocycles. The van der Waals surface area contributed by atoms with Gasteiger partial charge in [0, 0.05) is 11.1 Å². The number of hydrogen-bond donors (Lipinski definition) is 0. The molecule has 0 saturated carbocycles. The molecule has 0 aliphatic carbocycles. The van der Waals surface area contributed by atoms with E-state index in [1.165, 1.54) is 0 Å². The van der Waals surface area contributed by atoms with Gasteiger partial charge in [-0.05, 0) is 38.0 Å². The molecule has 0 amide bonds. The molecule has 3 nitrogen and oxygen atoms in total. The maximum absolute atomic E-state index is 14.5. The fourth-order valence-corrected chi connectivity index (χ4v) is 2.75. The van der Waals surface area contributed by atoms with Gasteiger partial charge in [0.1, 0.15) is 17.3 Å². The summed E-state index contributed by atoms with van der Waals surface area (Å²) in [6, 6.07) is 10.7. The number of carbonyl (C=O) groups is 1. The zero-order valence-electron chi connectivity index (χ0n) is 12.6. The van der Waals surface area contributed by atoms with E-state index in [1.54, 1.807) is 32.0 Å². The minimum atomic E-state index is -0.561. The van der Waals surface area contributed by atoms with Crippen LogP contribution in [0.1, 0.15) is 29.5 Å². The van der Waals surface area contributed by atoms with Crippen molar-refractivity contribution in [2.45, 2.75) is 26.2 Å². The van der Waals surface area contributed by atoms with Crippen molar-refractivity contribution in [3.63, 3.8) is 0 Å². The monoisotopic (exact) mass is 300 g/mol. The molecule has 3 rings (SSSR count). The number of para-hydroxylation sites is 1. The molecular formula is C18H17FO3. The second-order valence-electron chi connectivity index (χ2n) is 5.32. The van der Waals surface area contributed by atoms with Crippen LogP contribution < -0.4 is 4.74 Å². The second-order valence-corrected chi connectivity index (χ2v) is 5.32. The molecule has 0 radical (unpaired) electrons. The van der Waals surface area contributed by atoms with Crippen LogP contribution in [-0.4, -0.2) is 12.6 Å². The summed E-state index contributed by atoms with van der Waals surface area (Å²) in [5.41, 5.74) is 1.69. The van der Waals surface area contributed by atoms with Gasteiger partial charge in [-0.15, -0.1) is 0 Å². The number of fused-ring (bicyclic) bond motifs is 2. The maximum Gasteiger partial charge on any atom is 0.313 e. The lowest BCUT2D eigenvalue weighted by atomic mass is 9.91. The summed E-state index contributed by atoms with van der Waals surface area (Å²) in [5.74, 6) is -0.203. The van der Waals surface area contributed by atoms with Gasteiger partial charge in [0.25, 0.3) is 0 Å². The predicted molar refractivity (Wildman–Crippen MR) is 80.7 cm³/mol. The highest BCUT2D eigenvalue weighted by molar-refractivity contribution is 5.80. The van der Waals surface area contributed by atoms with Crippen LogP contribution in [0.4, 0.5) is 4.39 Å². The fraction of sp³-hybridized carbons (Fsp3) is 0.278. The summed E-state index contributed by atoms with van der Waals surface area (Å²) in [7, 11) is 0. The summed E-state index contributed by atoms with van der Waals surface area (Å²) in [5, 5.41) is 0. The summed E-state index contributed by atoms with van der Waals surface area (Å²) >= 11 is 0. The van der Waals surface area contributed by atoms with Gasteiger partial charge in [-0.25, -0.2) is 4.39 Å². The molecule has 1 atom stereocenters. The lowest BCUT2D eigenvalue weighted by Gasteiger charge is -2.15. The highest BCUT2D eigenvalue weighted by Crippen LogP contribution is 2.41. The summed E-state index contributed by atoms with van der Waals surface area (Å²) in [6.45, 7) is 3.75. The quantitative estimate of drug-likeness (QED) is 0.782. The molecule has 2 aromatic rings. The second kappa shape index (κ2) is 5.79. The number of esters is 1. The Hall–Kier alpha value is -2.36. The van der Waals surface area contributed by atoms with Gasteiger partial charge in [0.15, 0.2) is 0 Å². The predicted octanol–water partition coefficient (Wildman–Crippen LogP) is 4.13. The molecule has 0 spiro atoms. The molecule has 1 aliphatic rings. The van der Waals surface area contributed by atoms with Gasteiger partial charge in [0.2, 0.25) is 0 Å². The molecule has 1 heterocycles. The SMILES string of the molecule is CCOC(=O)C1Cc2c(ccc(C)c2F)Oc2ccccc21. The van der Waals surface area contributed by atoms with Gasteiger partial charge < -0.3 is 9.47 Å². The zero-order chi connectivity index (χ0) is 15.7. The first-order chi connectivity index (χ1) is 10.6. The van der Waals surface area contributed by atoms with E-state index in [2.05, 4.69) is 0 Å². The molecule has 1 aliphatic heterocycles. The van der Waals surface area contributed by atoms with Crippen molar-refractivity contribution in [1.29, 1.82) is 0 Å². The average Bonchev–Trinajstić information content (AvgIpc) is 2.68. The molecule has 0 N–H and O–H groups in total. The summed E-state index contributed by atoms with van der Waals surface area (Å²) in [6.07, 6.45) is 0.235. The van der Waals surface area contributed by atoms with Gasteiger partial charge in [-0.2, -0.15) is 0 Å². The largest absolute Gasteiger partial charge is 0.466 e. The molecule has 1 unspecified atom stereocenters. The van der Waals surface area contributed by atoms with E-state index in [-0.39, 0.29) is 18.2 Å². The molecule has 0 aromatic heterocycles. The van der Waals surface area contributed by atoms with E-state index < -0.39 is 5.92 Å². The van der Waals surface area contributed by atoms with Crippen LogP contribution in [0.3, 0.4) is 0 Å². The first-order valence-corrected chi connectivity index (χ1v) is 7.33. The average molecular weight is 300 g/mol. The lowest BCUT2D eigenvalue weighted by molar-refractivity contribution is -0.144. The number of rotatable bonds is 2. The Morgan fingerprint density at radius 2 is 2.05 bits per heavy atom. The number of ether oxygens (including phenoxy) is 2. The Balaban J connectivity index is 2.14. The summed E-state index contributed by atoms with van der Waals surface area (Å²) < 4.78 is 25.5. The normalized spacial score (nSPS) is 16.0. The third kappa shape index (κ3) is 2.45. The number of halogens is 1. The van der Waals surface area contributed by atoms with Crippen molar-refractivity contribution in [1.82, 2.24) is 0 Å². The Kier molecular flexibility index (Phi) is 3.84. The Morgan fingerprint density at radius 3 is 2.82 bits per heavy atom. The van der Waals surface area contributed by atoms with Crippen LogP contribution in [0.15, 0.2) is 36.4 Å². The molecule has 0 saturated heterocycles. The molecule has 0 fully saturated rings. The third-order valence-corrected chi connectivity index (χ3v) is 3.89. The van der Waals surface area contributed by atoms with Crippen molar-refractivity contribution < 1.29 is 18.7 Å². The van der Waals surface area contributed by atoms with Crippen LogP contribution >= 0.6 is 0 Å². The van der Waals surface area contributed by atoms with E-state index in [0.29, 0.717) is 29.2 Å². The molecular weight excluding hydrogens is 283 g/mol. The van der Waals surface area contributed by atoms with E-state index in [4.69, 9.17) is 9.47 Å². The van der Waals surface area contributed by atoms with Gasteiger partial charge in [-0.1, -0.05) is 24.3 Å². The van der Waals surface area contributed by atoms with Crippen LogP contribution in [0.2, 0.25) is 0 Å². The van der Waals surface area contributed by atoms with Gasteiger partial charge >= 0.3 is 5.97 Å². The lowest BCUT2D eigenvalue weighted by Crippen LogP contribution is -2.18. The van der Waals surface area contributed by atoms with Gasteiger partial charge in [-0.3, -0.25) is 4.79 Å². The number of aryl methyl sites for hydroxylation is 1. The molecule has 22 heavy (non-hydrogen) atoms. The van der Waals surface area contributed by atoms with Gasteiger partial charge in [0.05, 0.1) is 12.5 Å². The highest BCUT2D eigenvalue weighted by atomic mass is 19.1. The first kappa shape index (κ1) is 14.6. The van der Waals surface area contributed by atoms with Crippen LogP contribution in [0.5, 0.6) is 11.5 Å². The van der Waals surface area contributed by atoms with E-state index in [0.717, 1.165) is 5.56 Å². The molecule has 4 heteroatoms. The van der Waals surface area contributed by atoms with Crippen molar-refractivity contribution >= 4 is 5.97 Å². The highest BCUT2D eigenvalue weighted by Gasteiger charge is 2.31. The topological polar surface area (TPSA) is 35.5 Å². The number of carbonyl (C=O) groups excluding carboxylic acids is 1. The Labute approximate surface area is 128 Å². The van der Waals surface area contributed by atoms with E-state index in [1.807, 2.05) is 18.2 Å². The minimum absolute atomic E-state index is 0.235. The molecule has 114 valence electrons. The maximum atomic E-state index is 14.5. The van der Waals surface area contributed by atoms with E-state index >= 15 is 0 Å². The standard InChI is InChI=1S/C18H17FO3/c1-3-21-18(20)13-10-14-16(9-8-11(2)17(14)19)22-15-7-5-4-6-12(13)15/h4-9,13H,3,10H2,1-2H3. The van der Waals surface area contributed by atoms with E-state index in [9.17, 15) is 9.18 Å². The Morgan fingerprint density at radius 1 is 1.27 bits per heavy atom. The van der Waals surface area contributed by atoms with Crippen LogP contribution in [-0.2, 0) is 16.0 Å². The van der Waals surface area contributed by atoms with Crippen LogP contribution in [0.25, 0.3) is 0 Å². The first-order valence-electron chi connectivity index (χ1n) is 7.33. The van der Waals surface area contributed by atoms with Crippen molar-refractivity contribution in [3.8, 4) is 11.5 Å². The van der Waals surface area contributed by atoms with Crippen molar-refractivity contribution in [3.05, 3.63) is 58.9 Å². The van der Waals surface area contributed by atoms with Crippen molar-refractivity contribution in [2.24, 2.45) is 0 Å². The summed E-state index contributed by atoms with van der Waals surface area (Å²) in [4.78, 5) is 12.3. The van der Waals surface area contributed by atoms with Crippen molar-refractivity contribution in [2.75, 3.05) is 6.61 Å². The number of benzene rings is 2. The Bertz CT molecular complexity index is 724. The number of hydrogen-bond acceptors (Lipinski definition) is 3. The minimum Gasteiger partial charge on any atom is -0.466 e. The smallest absolute Gasteiger partial charge is 0.313 e. The molecule has 0 bridgehead atoms.